The Morgan fingerprint density at radius 2 is 2.58 bits per heavy atom. The van der Waals surface area contributed by atoms with E-state index in [0.29, 0.717) is 6.54 Å². The fourth-order valence-corrected chi connectivity index (χ4v) is 1.87. The van der Waals surface area contributed by atoms with Crippen molar-refractivity contribution in [2.75, 3.05) is 0 Å². The van der Waals surface area contributed by atoms with Gasteiger partial charge < -0.3 is 4.84 Å². The molecule has 1 atom stereocenters. The molecule has 0 unspecified atom stereocenters. The molecule has 1 aliphatic rings. The fourth-order valence-electron chi connectivity index (χ4n) is 1.13. The van der Waals surface area contributed by atoms with Gasteiger partial charge in [-0.1, -0.05) is 0 Å². The second-order valence-corrected chi connectivity index (χ2v) is 3.39. The Morgan fingerprint density at radius 1 is 1.75 bits per heavy atom. The quantitative estimate of drug-likeness (QED) is 0.657. The van der Waals surface area contributed by atoms with Crippen molar-refractivity contribution in [1.29, 1.82) is 0 Å². The van der Waals surface area contributed by atoms with E-state index >= 15 is 0 Å². The average Bonchev–Trinajstić information content (AvgIpc) is 2.60. The number of hydroxylamine groups is 2. The SMILES string of the molecule is [CH2]C[C@H](F)N1Cc2cscc2O1. The van der Waals surface area contributed by atoms with Gasteiger partial charge in [0.05, 0.1) is 6.54 Å². The van der Waals surface area contributed by atoms with E-state index in [1.54, 1.807) is 11.3 Å². The number of nitrogens with zero attached hydrogens (tertiary/aromatic N) is 1. The monoisotopic (exact) mass is 186 g/mol. The van der Waals surface area contributed by atoms with Crippen molar-refractivity contribution >= 4 is 11.3 Å². The Morgan fingerprint density at radius 3 is 3.25 bits per heavy atom. The van der Waals surface area contributed by atoms with Gasteiger partial charge in [-0.05, 0) is 18.7 Å². The summed E-state index contributed by atoms with van der Waals surface area (Å²) in [6.45, 7) is 4.02. The van der Waals surface area contributed by atoms with Gasteiger partial charge in [0.15, 0.2) is 12.0 Å². The molecular formula is C8H9FNOS. The zero-order chi connectivity index (χ0) is 8.55. The topological polar surface area (TPSA) is 12.5 Å². The predicted molar refractivity (Wildman–Crippen MR) is 45.4 cm³/mol. The number of hydrogen-bond acceptors (Lipinski definition) is 3. The van der Waals surface area contributed by atoms with Crippen molar-refractivity contribution in [3.8, 4) is 5.75 Å². The summed E-state index contributed by atoms with van der Waals surface area (Å²) in [6.07, 6.45) is -0.879. The molecule has 2 heterocycles. The van der Waals surface area contributed by atoms with E-state index in [-0.39, 0.29) is 6.42 Å². The second-order valence-electron chi connectivity index (χ2n) is 2.65. The lowest BCUT2D eigenvalue weighted by Crippen LogP contribution is -2.29. The first kappa shape index (κ1) is 8.01. The molecule has 65 valence electrons. The smallest absolute Gasteiger partial charge is 0.185 e. The fraction of sp³-hybridized carbons (Fsp3) is 0.375. The van der Waals surface area contributed by atoms with E-state index in [2.05, 4.69) is 6.92 Å². The molecule has 0 spiro atoms. The first-order chi connectivity index (χ1) is 5.81. The molecule has 2 rings (SSSR count). The van der Waals surface area contributed by atoms with Gasteiger partial charge in [0.2, 0.25) is 0 Å². The lowest BCUT2D eigenvalue weighted by atomic mass is 10.3. The number of thiophene rings is 1. The Balaban J connectivity index is 2.07. The van der Waals surface area contributed by atoms with Gasteiger partial charge >= 0.3 is 0 Å². The van der Waals surface area contributed by atoms with Crippen LogP contribution in [-0.2, 0) is 6.54 Å². The van der Waals surface area contributed by atoms with Crippen LogP contribution in [0.4, 0.5) is 4.39 Å². The minimum atomic E-state index is -1.10. The number of alkyl halides is 1. The van der Waals surface area contributed by atoms with E-state index in [0.717, 1.165) is 11.3 Å². The van der Waals surface area contributed by atoms with Crippen LogP contribution in [0, 0.1) is 6.92 Å². The van der Waals surface area contributed by atoms with Gasteiger partial charge in [-0.15, -0.1) is 16.4 Å². The molecule has 0 aromatic carbocycles. The van der Waals surface area contributed by atoms with Crippen molar-refractivity contribution in [3.05, 3.63) is 23.2 Å². The van der Waals surface area contributed by atoms with E-state index in [4.69, 9.17) is 4.84 Å². The summed E-state index contributed by atoms with van der Waals surface area (Å²) in [6, 6.07) is 0. The molecule has 4 heteroatoms. The van der Waals surface area contributed by atoms with E-state index < -0.39 is 6.30 Å². The highest BCUT2D eigenvalue weighted by atomic mass is 32.1. The summed E-state index contributed by atoms with van der Waals surface area (Å²) in [5.74, 6) is 0.788. The van der Waals surface area contributed by atoms with Gasteiger partial charge in [-0.3, -0.25) is 0 Å². The van der Waals surface area contributed by atoms with Crippen LogP contribution in [0.5, 0.6) is 5.75 Å². The minimum Gasteiger partial charge on any atom is -0.402 e. The van der Waals surface area contributed by atoms with E-state index in [1.165, 1.54) is 5.06 Å². The standard InChI is InChI=1S/C8H9FNOS/c1-2-8(9)10-3-6-4-12-5-7(6)11-10/h4-5,8H,1-3H2/t8-/m1/s1. The van der Waals surface area contributed by atoms with Crippen LogP contribution in [0.3, 0.4) is 0 Å². The van der Waals surface area contributed by atoms with Crippen molar-refractivity contribution in [1.82, 2.24) is 5.06 Å². The highest BCUT2D eigenvalue weighted by molar-refractivity contribution is 7.08. The summed E-state index contributed by atoms with van der Waals surface area (Å²) >= 11 is 1.57. The van der Waals surface area contributed by atoms with Crippen LogP contribution in [0.2, 0.25) is 0 Å². The lowest BCUT2D eigenvalue weighted by molar-refractivity contribution is -0.127. The van der Waals surface area contributed by atoms with Crippen LogP contribution in [-0.4, -0.2) is 11.4 Å². The summed E-state index contributed by atoms with van der Waals surface area (Å²) in [5.41, 5.74) is 1.07. The third kappa shape index (κ3) is 1.21. The van der Waals surface area contributed by atoms with Crippen LogP contribution < -0.4 is 4.84 Å². The highest BCUT2D eigenvalue weighted by Gasteiger charge is 2.27. The maximum Gasteiger partial charge on any atom is 0.185 e. The molecule has 0 aliphatic carbocycles. The zero-order valence-electron chi connectivity index (χ0n) is 6.50. The van der Waals surface area contributed by atoms with Crippen molar-refractivity contribution in [2.24, 2.45) is 0 Å². The summed E-state index contributed by atoms with van der Waals surface area (Å²) < 4.78 is 13.0. The number of hydrogen-bond donors (Lipinski definition) is 0. The molecule has 0 saturated heterocycles. The molecule has 0 bridgehead atoms. The number of rotatable bonds is 2. The first-order valence-electron chi connectivity index (χ1n) is 3.74. The molecule has 1 aliphatic heterocycles. The highest BCUT2D eigenvalue weighted by Crippen LogP contribution is 2.32. The molecule has 1 aromatic heterocycles. The van der Waals surface area contributed by atoms with Gasteiger partial charge in [-0.25, -0.2) is 4.39 Å². The zero-order valence-corrected chi connectivity index (χ0v) is 7.31. The summed E-state index contributed by atoms with van der Waals surface area (Å²) in [5, 5.41) is 5.18. The maximum absolute atomic E-state index is 13.0. The lowest BCUT2D eigenvalue weighted by Gasteiger charge is -2.17. The van der Waals surface area contributed by atoms with E-state index in [1.807, 2.05) is 10.8 Å². The second kappa shape index (κ2) is 3.03. The summed E-state index contributed by atoms with van der Waals surface area (Å²) in [4.78, 5) is 5.23. The van der Waals surface area contributed by atoms with Crippen molar-refractivity contribution < 1.29 is 9.23 Å². The predicted octanol–water partition coefficient (Wildman–Crippen LogP) is 2.38. The molecule has 0 saturated carbocycles. The Bertz CT molecular complexity index is 255. The Labute approximate surface area is 74.5 Å². The van der Waals surface area contributed by atoms with Crippen LogP contribution >= 0.6 is 11.3 Å². The molecule has 0 N–H and O–H groups in total. The summed E-state index contributed by atoms with van der Waals surface area (Å²) in [7, 11) is 0. The van der Waals surface area contributed by atoms with Crippen LogP contribution in [0.25, 0.3) is 0 Å². The van der Waals surface area contributed by atoms with Crippen molar-refractivity contribution in [3.63, 3.8) is 0 Å². The first-order valence-corrected chi connectivity index (χ1v) is 4.68. The average molecular weight is 186 g/mol. The molecule has 1 aromatic rings. The van der Waals surface area contributed by atoms with E-state index in [9.17, 15) is 4.39 Å². The Hall–Kier alpha value is -0.610. The molecular weight excluding hydrogens is 177 g/mol. The maximum atomic E-state index is 13.0. The molecule has 1 radical (unpaired) electrons. The van der Waals surface area contributed by atoms with Gasteiger partial charge in [0, 0.05) is 10.9 Å². The minimum absolute atomic E-state index is 0.216. The molecule has 0 fully saturated rings. The third-order valence-corrected chi connectivity index (χ3v) is 2.57. The molecule has 2 nitrogen and oxygen atoms in total. The molecule has 12 heavy (non-hydrogen) atoms. The number of fused-ring (bicyclic) bond motifs is 1. The normalized spacial score (nSPS) is 18.8. The van der Waals surface area contributed by atoms with Crippen LogP contribution in [0.15, 0.2) is 10.8 Å². The largest absolute Gasteiger partial charge is 0.402 e. The molecule has 0 amide bonds. The third-order valence-electron chi connectivity index (χ3n) is 1.79. The van der Waals surface area contributed by atoms with Crippen molar-refractivity contribution in [2.45, 2.75) is 19.3 Å². The number of halogens is 1. The van der Waals surface area contributed by atoms with Crippen LogP contribution in [0.1, 0.15) is 12.0 Å². The van der Waals surface area contributed by atoms with Gasteiger partial charge in [-0.2, -0.15) is 0 Å². The van der Waals surface area contributed by atoms with Gasteiger partial charge in [0.25, 0.3) is 0 Å². The van der Waals surface area contributed by atoms with Gasteiger partial charge in [0.1, 0.15) is 0 Å². The Kier molecular flexibility index (Phi) is 2.02.